The average Bonchev–Trinajstić information content (AvgIpc) is 3.12. The van der Waals surface area contributed by atoms with E-state index in [1.807, 2.05) is 49.4 Å². The van der Waals surface area contributed by atoms with E-state index in [2.05, 4.69) is 115 Å². The number of hydrogen-bond donors (Lipinski definition) is 0. The highest BCUT2D eigenvalue weighted by atomic mass is 16.5. The van der Waals surface area contributed by atoms with Crippen molar-refractivity contribution in [1.82, 2.24) is 0 Å². The highest BCUT2D eigenvalue weighted by Gasteiger charge is 2.12. The Hall–Kier alpha value is -5.99. The minimum Gasteiger partial charge on any atom is -0.456 e. The van der Waals surface area contributed by atoms with Gasteiger partial charge in [-0.2, -0.15) is 0 Å². The summed E-state index contributed by atoms with van der Waals surface area (Å²) < 4.78 is 6.22. The fraction of sp³-hybridized carbons (Fsp3) is 0.0227. The van der Waals surface area contributed by atoms with Crippen LogP contribution in [0, 0.1) is 6.92 Å². The summed E-state index contributed by atoms with van der Waals surface area (Å²) in [6, 6.07) is 55.1. The molecular weight excluding hydrogens is 560 g/mol. The molecule has 0 aromatic heterocycles. The third-order valence-corrected chi connectivity index (χ3v) is 8.92. The van der Waals surface area contributed by atoms with E-state index in [1.165, 1.54) is 43.4 Å². The Morgan fingerprint density at radius 2 is 0.848 bits per heavy atom. The van der Waals surface area contributed by atoms with Gasteiger partial charge < -0.3 is 4.74 Å². The van der Waals surface area contributed by atoms with E-state index in [4.69, 9.17) is 4.74 Å². The van der Waals surface area contributed by atoms with Crippen LogP contribution in [-0.2, 0) is 0 Å². The summed E-state index contributed by atoms with van der Waals surface area (Å²) in [5.41, 5.74) is 8.20. The maximum Gasteiger partial charge on any atom is 0.153 e. The Morgan fingerprint density at radius 3 is 1.41 bits per heavy atom. The average molecular weight is 591 g/mol. The molecule has 0 atom stereocenters. The number of rotatable bonds is 6. The second kappa shape index (κ2) is 11.5. The fourth-order valence-electron chi connectivity index (χ4n) is 6.53. The van der Waals surface area contributed by atoms with Gasteiger partial charge >= 0.3 is 0 Å². The summed E-state index contributed by atoms with van der Waals surface area (Å²) in [5, 5.41) is 7.65. The summed E-state index contributed by atoms with van der Waals surface area (Å²) in [6.07, 6.45) is 0.845. The number of carbonyl (C=O) groups excluding carboxylic acids is 1. The van der Waals surface area contributed by atoms with E-state index < -0.39 is 0 Å². The lowest BCUT2D eigenvalue weighted by molar-refractivity contribution is 0.112. The van der Waals surface area contributed by atoms with Crippen LogP contribution in [0.5, 0.6) is 11.5 Å². The van der Waals surface area contributed by atoms with Gasteiger partial charge in [-0.3, -0.25) is 4.79 Å². The molecule has 0 aliphatic heterocycles. The Balaban J connectivity index is 1.18. The van der Waals surface area contributed by atoms with Crippen molar-refractivity contribution in [2.45, 2.75) is 6.92 Å². The molecule has 0 aliphatic carbocycles. The van der Waals surface area contributed by atoms with E-state index in [-0.39, 0.29) is 0 Å². The molecule has 46 heavy (non-hydrogen) atoms. The second-order valence-electron chi connectivity index (χ2n) is 11.8. The highest BCUT2D eigenvalue weighted by Crippen LogP contribution is 2.38. The van der Waals surface area contributed by atoms with Gasteiger partial charge in [0.05, 0.1) is 5.56 Å². The lowest BCUT2D eigenvalue weighted by Gasteiger charge is -2.13. The molecule has 0 amide bonds. The maximum absolute atomic E-state index is 11.9. The monoisotopic (exact) mass is 590 g/mol. The highest BCUT2D eigenvalue weighted by molar-refractivity contribution is 6.25. The first-order valence-electron chi connectivity index (χ1n) is 15.5. The quantitative estimate of drug-likeness (QED) is 0.142. The second-order valence-corrected chi connectivity index (χ2v) is 11.8. The number of aldehydes is 1. The van der Waals surface area contributed by atoms with E-state index >= 15 is 0 Å². The molecular formula is C44H30O2. The van der Waals surface area contributed by atoms with Gasteiger partial charge in [0, 0.05) is 0 Å². The number of benzene rings is 8. The van der Waals surface area contributed by atoms with Crippen LogP contribution in [0.1, 0.15) is 15.9 Å². The molecule has 0 spiro atoms. The van der Waals surface area contributed by atoms with Crippen LogP contribution in [0.4, 0.5) is 0 Å². The Labute approximate surface area is 268 Å². The zero-order valence-corrected chi connectivity index (χ0v) is 25.4. The zero-order valence-electron chi connectivity index (χ0n) is 25.4. The molecule has 8 aromatic rings. The minimum atomic E-state index is 0.520. The summed E-state index contributed by atoms with van der Waals surface area (Å²) in [7, 11) is 0. The Morgan fingerprint density at radius 1 is 0.391 bits per heavy atom. The van der Waals surface area contributed by atoms with Crippen molar-refractivity contribution >= 4 is 38.6 Å². The zero-order chi connectivity index (χ0) is 31.0. The van der Waals surface area contributed by atoms with Crippen LogP contribution in [0.3, 0.4) is 0 Å². The van der Waals surface area contributed by atoms with Gasteiger partial charge in [0.25, 0.3) is 0 Å². The molecule has 0 N–H and O–H groups in total. The van der Waals surface area contributed by atoms with Gasteiger partial charge in [0.2, 0.25) is 0 Å². The van der Waals surface area contributed by atoms with Crippen molar-refractivity contribution in [2.75, 3.05) is 0 Å². The van der Waals surface area contributed by atoms with Gasteiger partial charge in [0.15, 0.2) is 6.29 Å². The van der Waals surface area contributed by atoms with Crippen LogP contribution in [0.2, 0.25) is 0 Å². The molecule has 218 valence electrons. The van der Waals surface area contributed by atoms with Gasteiger partial charge in [0.1, 0.15) is 11.5 Å². The third-order valence-electron chi connectivity index (χ3n) is 8.92. The molecule has 0 fully saturated rings. The number of hydrogen-bond acceptors (Lipinski definition) is 2. The molecule has 0 saturated heterocycles. The smallest absolute Gasteiger partial charge is 0.153 e. The Bertz CT molecular complexity index is 2400. The fourth-order valence-corrected chi connectivity index (χ4v) is 6.53. The van der Waals surface area contributed by atoms with Crippen LogP contribution in [-0.4, -0.2) is 6.29 Å². The first-order valence-corrected chi connectivity index (χ1v) is 15.5. The molecule has 0 bridgehead atoms. The molecule has 2 nitrogen and oxygen atoms in total. The molecule has 0 saturated carbocycles. The number of fused-ring (bicyclic) bond motifs is 6. The Kier molecular flexibility index (Phi) is 6.89. The lowest BCUT2D eigenvalue weighted by atomic mass is 9.91. The van der Waals surface area contributed by atoms with E-state index in [9.17, 15) is 4.79 Å². The first-order chi connectivity index (χ1) is 22.7. The topological polar surface area (TPSA) is 26.3 Å². The molecule has 2 heteroatoms. The van der Waals surface area contributed by atoms with Crippen molar-refractivity contribution in [1.29, 1.82) is 0 Å². The summed E-state index contributed by atoms with van der Waals surface area (Å²) in [5.74, 6) is 1.29. The van der Waals surface area contributed by atoms with Gasteiger partial charge in [-0.1, -0.05) is 121 Å². The SMILES string of the molecule is Cc1ccccc1Oc1cc(-c2cccc(-c3cccc(-c4ccc5c6ccccc6c6ccccc6c5c4)c3)c2)ccc1C=O. The number of aryl methyl sites for hydroxylation is 1. The number of para-hydroxylation sites is 1. The molecule has 8 rings (SSSR count). The maximum atomic E-state index is 11.9. The van der Waals surface area contributed by atoms with E-state index in [0.717, 1.165) is 39.9 Å². The van der Waals surface area contributed by atoms with Crippen molar-refractivity contribution in [2.24, 2.45) is 0 Å². The largest absolute Gasteiger partial charge is 0.456 e. The van der Waals surface area contributed by atoms with Gasteiger partial charge in [-0.05, 0) is 115 Å². The molecule has 8 aromatic carbocycles. The van der Waals surface area contributed by atoms with Crippen molar-refractivity contribution < 1.29 is 9.53 Å². The van der Waals surface area contributed by atoms with Crippen LogP contribution in [0.15, 0.2) is 158 Å². The summed E-state index contributed by atoms with van der Waals surface area (Å²) in [4.78, 5) is 11.9. The van der Waals surface area contributed by atoms with Crippen LogP contribution >= 0.6 is 0 Å². The van der Waals surface area contributed by atoms with E-state index in [1.54, 1.807) is 0 Å². The normalized spacial score (nSPS) is 11.2. The lowest BCUT2D eigenvalue weighted by Crippen LogP contribution is -1.93. The van der Waals surface area contributed by atoms with Gasteiger partial charge in [-0.25, -0.2) is 0 Å². The third kappa shape index (κ3) is 4.91. The van der Waals surface area contributed by atoms with Crippen molar-refractivity contribution in [3.63, 3.8) is 0 Å². The predicted molar refractivity (Wildman–Crippen MR) is 192 cm³/mol. The van der Waals surface area contributed by atoms with Crippen LogP contribution < -0.4 is 4.74 Å². The summed E-state index contributed by atoms with van der Waals surface area (Å²) >= 11 is 0. The molecule has 0 aliphatic rings. The van der Waals surface area contributed by atoms with E-state index in [0.29, 0.717) is 11.3 Å². The van der Waals surface area contributed by atoms with Crippen LogP contribution in [0.25, 0.3) is 65.7 Å². The van der Waals surface area contributed by atoms with Crippen molar-refractivity contribution in [3.05, 3.63) is 169 Å². The predicted octanol–water partition coefficient (Wildman–Crippen LogP) is 12.1. The van der Waals surface area contributed by atoms with Crippen molar-refractivity contribution in [3.8, 4) is 44.9 Å². The molecule has 0 unspecified atom stereocenters. The first kappa shape index (κ1) is 27.6. The molecule has 0 heterocycles. The standard InChI is InChI=1S/C44H30O2/c1-29-10-2-7-19-43(29)46-44-27-35(20-21-36(44)28-45)33-14-9-12-31(25-33)30-11-8-13-32(24-30)34-22-23-41-39-17-4-3-15-37(39)38-16-5-6-18-40(38)42(41)26-34/h2-28H,1H3. The number of carbonyl (C=O) groups is 1. The molecule has 0 radical (unpaired) electrons. The number of ether oxygens (including phenoxy) is 1. The minimum absolute atomic E-state index is 0.520. The van der Waals surface area contributed by atoms with Gasteiger partial charge in [-0.15, -0.1) is 0 Å². The summed E-state index contributed by atoms with van der Waals surface area (Å²) in [6.45, 7) is 2.00.